The molecule has 0 spiro atoms. The van der Waals surface area contributed by atoms with E-state index in [0.29, 0.717) is 37.4 Å². The second kappa shape index (κ2) is 10.2. The Kier molecular flexibility index (Phi) is 7.40. The zero-order chi connectivity index (χ0) is 24.0. The number of hydrogen-bond acceptors (Lipinski definition) is 7. The average Bonchev–Trinajstić information content (AvgIpc) is 3.20. The van der Waals surface area contributed by atoms with Gasteiger partial charge < -0.3 is 14.6 Å². The van der Waals surface area contributed by atoms with Gasteiger partial charge in [0.2, 0.25) is 0 Å². The fourth-order valence-electron chi connectivity index (χ4n) is 5.17. The average molecular weight is 506 g/mol. The third kappa shape index (κ3) is 4.77. The third-order valence-corrected chi connectivity index (χ3v) is 7.12. The van der Waals surface area contributed by atoms with Crippen molar-refractivity contribution in [3.8, 4) is 6.07 Å². The number of hydrogen-bond donors (Lipinski definition) is 1. The van der Waals surface area contributed by atoms with E-state index in [2.05, 4.69) is 9.80 Å². The number of fused-ring (bicyclic) bond motifs is 2. The number of carbonyl (C=O) groups is 1. The zero-order valence-electron chi connectivity index (χ0n) is 19.2. The first-order valence-electron chi connectivity index (χ1n) is 11.3. The van der Waals surface area contributed by atoms with Gasteiger partial charge in [-0.25, -0.2) is 13.6 Å². The van der Waals surface area contributed by atoms with Crippen molar-refractivity contribution >= 4 is 18.4 Å². The van der Waals surface area contributed by atoms with Crippen LogP contribution in [-0.2, 0) is 16.1 Å². The molecule has 3 aliphatic rings. The fourth-order valence-corrected chi connectivity index (χ4v) is 5.17. The molecule has 186 valence electrons. The molecule has 2 aromatic rings. The number of benzene rings is 2. The summed E-state index contributed by atoms with van der Waals surface area (Å²) in [6.45, 7) is 5.68. The number of piperazine rings is 1. The van der Waals surface area contributed by atoms with Crippen molar-refractivity contribution in [2.24, 2.45) is 0 Å². The molecule has 2 fully saturated rings. The molecule has 2 aromatic carbocycles. The molecule has 3 heterocycles. The highest BCUT2D eigenvalue weighted by atomic mass is 35.5. The minimum Gasteiger partial charge on any atom is -0.457 e. The van der Waals surface area contributed by atoms with Gasteiger partial charge in [0.15, 0.2) is 0 Å². The van der Waals surface area contributed by atoms with Crippen molar-refractivity contribution in [2.45, 2.75) is 31.8 Å². The monoisotopic (exact) mass is 505 g/mol. The summed E-state index contributed by atoms with van der Waals surface area (Å²) in [7, 11) is 0. The molecule has 7 nitrogen and oxygen atoms in total. The molecule has 0 bridgehead atoms. The van der Waals surface area contributed by atoms with Crippen LogP contribution in [-0.4, -0.2) is 66.2 Å². The number of morpholine rings is 1. The highest BCUT2D eigenvalue weighted by molar-refractivity contribution is 5.93. The number of nitrogens with zero attached hydrogens (tertiary/aromatic N) is 3. The first-order valence-corrected chi connectivity index (χ1v) is 11.3. The van der Waals surface area contributed by atoms with E-state index < -0.39 is 29.4 Å². The van der Waals surface area contributed by atoms with Crippen molar-refractivity contribution in [3.63, 3.8) is 0 Å². The number of rotatable bonds is 4. The van der Waals surface area contributed by atoms with Crippen LogP contribution in [0.1, 0.15) is 50.4 Å². The smallest absolute Gasteiger partial charge is 0.338 e. The second-order valence-corrected chi connectivity index (χ2v) is 9.10. The molecule has 5 rings (SSSR count). The molecular weight excluding hydrogens is 480 g/mol. The summed E-state index contributed by atoms with van der Waals surface area (Å²) in [5, 5.41) is 19.8. The van der Waals surface area contributed by atoms with Crippen molar-refractivity contribution in [2.75, 3.05) is 39.3 Å². The number of aliphatic hydroxyl groups is 1. The molecule has 3 aliphatic heterocycles. The van der Waals surface area contributed by atoms with Gasteiger partial charge in [0.25, 0.3) is 0 Å². The second-order valence-electron chi connectivity index (χ2n) is 9.10. The summed E-state index contributed by atoms with van der Waals surface area (Å²) in [5.41, 5.74) is 2.90. The summed E-state index contributed by atoms with van der Waals surface area (Å²) < 4.78 is 39.1. The topological polar surface area (TPSA) is 86.0 Å². The summed E-state index contributed by atoms with van der Waals surface area (Å²) in [6, 6.07) is 7.52. The minimum atomic E-state index is -0.875. The van der Waals surface area contributed by atoms with Gasteiger partial charge in [-0.15, -0.1) is 12.4 Å². The molecular formula is C25H26ClF2N3O4. The van der Waals surface area contributed by atoms with Crippen LogP contribution in [0.25, 0.3) is 0 Å². The highest BCUT2D eigenvalue weighted by Crippen LogP contribution is 2.31. The molecule has 0 amide bonds. The predicted molar refractivity (Wildman–Crippen MR) is 124 cm³/mol. The quantitative estimate of drug-likeness (QED) is 0.639. The van der Waals surface area contributed by atoms with Gasteiger partial charge in [-0.3, -0.25) is 9.80 Å². The van der Waals surface area contributed by atoms with E-state index in [1.165, 1.54) is 12.1 Å². The molecule has 2 saturated heterocycles. The molecule has 0 saturated carbocycles. The van der Waals surface area contributed by atoms with E-state index >= 15 is 0 Å². The van der Waals surface area contributed by atoms with E-state index in [9.17, 15) is 18.7 Å². The van der Waals surface area contributed by atoms with E-state index in [-0.39, 0.29) is 31.0 Å². The maximum Gasteiger partial charge on any atom is 0.338 e. The Morgan fingerprint density at radius 3 is 2.69 bits per heavy atom. The van der Waals surface area contributed by atoms with Crippen LogP contribution >= 0.6 is 12.4 Å². The van der Waals surface area contributed by atoms with Crippen LogP contribution in [0.4, 0.5) is 8.78 Å². The molecule has 3 atom stereocenters. The Labute approximate surface area is 208 Å². The lowest BCUT2D eigenvalue weighted by molar-refractivity contribution is -0.0938. The first kappa shape index (κ1) is 25.5. The van der Waals surface area contributed by atoms with Crippen molar-refractivity contribution < 1.29 is 28.2 Å². The first-order chi connectivity index (χ1) is 16.4. The molecule has 0 unspecified atom stereocenters. The van der Waals surface area contributed by atoms with Crippen molar-refractivity contribution in [1.82, 2.24) is 9.80 Å². The van der Waals surface area contributed by atoms with Crippen molar-refractivity contribution in [1.29, 1.82) is 5.26 Å². The lowest BCUT2D eigenvalue weighted by Crippen LogP contribution is -2.58. The maximum absolute atomic E-state index is 14.0. The number of cyclic esters (lactones) is 1. The Balaban J connectivity index is 0.00000289. The standard InChI is InChI=1S/C25H25F2N3O4.ClH/c1-14-17(2-3-18-20(14)13-34-25(18)32)23(31)10-29-4-5-30-11-24(33-12-16(30)9-29)15-6-21(26)19(8-28)22(27)7-15;/h2-3,6-7,16,23-24,31H,4-5,9-13H2,1H3;1H/t16-,23+,24-;/m0./s1. The van der Waals surface area contributed by atoms with Gasteiger partial charge >= 0.3 is 5.97 Å². The fraction of sp³-hybridized carbons (Fsp3) is 0.440. The zero-order valence-corrected chi connectivity index (χ0v) is 20.0. The van der Waals surface area contributed by atoms with E-state index in [0.717, 1.165) is 29.8 Å². The van der Waals surface area contributed by atoms with E-state index in [1.807, 2.05) is 6.92 Å². The summed E-state index contributed by atoms with van der Waals surface area (Å²) in [4.78, 5) is 16.2. The predicted octanol–water partition coefficient (Wildman–Crippen LogP) is 3.03. The SMILES string of the molecule is Cc1c([C@H](O)CN2CCN3C[C@@H](c4cc(F)c(C#N)c(F)c4)OC[C@@H]3C2)ccc2c1COC2=O.Cl. The number of β-amino-alcohol motifs (C(OH)–C–C–N with tert-alkyl or cyclic N) is 1. The number of carbonyl (C=O) groups excluding carboxylic acids is 1. The lowest BCUT2D eigenvalue weighted by Gasteiger charge is -2.46. The Morgan fingerprint density at radius 1 is 1.23 bits per heavy atom. The molecule has 1 N–H and O–H groups in total. The number of esters is 1. The van der Waals surface area contributed by atoms with Crippen LogP contribution in [0.3, 0.4) is 0 Å². The highest BCUT2D eigenvalue weighted by Gasteiger charge is 2.35. The molecule has 0 radical (unpaired) electrons. The number of nitriles is 1. The Bertz CT molecular complexity index is 1170. The van der Waals surface area contributed by atoms with Crippen LogP contribution < -0.4 is 0 Å². The molecule has 35 heavy (non-hydrogen) atoms. The van der Waals surface area contributed by atoms with Crippen molar-refractivity contribution in [3.05, 3.63) is 69.3 Å². The van der Waals surface area contributed by atoms with Crippen LogP contribution in [0.2, 0.25) is 0 Å². The van der Waals surface area contributed by atoms with Gasteiger partial charge in [0.1, 0.15) is 29.9 Å². The van der Waals surface area contributed by atoms with E-state index in [4.69, 9.17) is 14.7 Å². The minimum absolute atomic E-state index is 0. The van der Waals surface area contributed by atoms with Gasteiger partial charge in [0.05, 0.1) is 24.4 Å². The Hall–Kier alpha value is -2.61. The third-order valence-electron chi connectivity index (χ3n) is 7.12. The largest absolute Gasteiger partial charge is 0.457 e. The summed E-state index contributed by atoms with van der Waals surface area (Å²) in [6.07, 6.45) is -1.17. The number of halogens is 3. The molecule has 10 heteroatoms. The lowest BCUT2D eigenvalue weighted by atomic mass is 9.95. The summed E-state index contributed by atoms with van der Waals surface area (Å²) in [5.74, 6) is -2.07. The van der Waals surface area contributed by atoms with Gasteiger partial charge in [0, 0.05) is 44.3 Å². The van der Waals surface area contributed by atoms with Gasteiger partial charge in [-0.2, -0.15) is 5.26 Å². The Morgan fingerprint density at radius 2 is 1.97 bits per heavy atom. The van der Waals surface area contributed by atoms with Crippen LogP contribution in [0, 0.1) is 29.9 Å². The van der Waals surface area contributed by atoms with Crippen LogP contribution in [0.5, 0.6) is 0 Å². The maximum atomic E-state index is 14.0. The number of ether oxygens (including phenoxy) is 2. The normalized spacial score (nSPS) is 23.0. The van der Waals surface area contributed by atoms with Gasteiger partial charge in [-0.05, 0) is 41.8 Å². The molecule has 0 aromatic heterocycles. The number of aliphatic hydroxyl groups excluding tert-OH is 1. The van der Waals surface area contributed by atoms with E-state index in [1.54, 1.807) is 18.2 Å². The summed E-state index contributed by atoms with van der Waals surface area (Å²) >= 11 is 0. The van der Waals surface area contributed by atoms with Gasteiger partial charge in [-0.1, -0.05) is 6.07 Å². The van der Waals surface area contributed by atoms with Crippen LogP contribution in [0.15, 0.2) is 24.3 Å². The molecule has 0 aliphatic carbocycles.